The van der Waals surface area contributed by atoms with Crippen molar-refractivity contribution in [2.45, 2.75) is 0 Å². The average molecular weight is 437 g/mol. The molecule has 1 fully saturated rings. The molecular weight excluding hydrogens is 423 g/mol. The minimum absolute atomic E-state index is 0.0628. The van der Waals surface area contributed by atoms with Crippen LogP contribution in [-0.2, 0) is 9.59 Å². The molecule has 9 heteroatoms. The first kappa shape index (κ1) is 20.1. The van der Waals surface area contributed by atoms with Crippen LogP contribution in [0.5, 0.6) is 11.5 Å². The summed E-state index contributed by atoms with van der Waals surface area (Å²) in [5.74, 6) is -0.199. The minimum atomic E-state index is -0.614. The predicted molar refractivity (Wildman–Crippen MR) is 112 cm³/mol. The zero-order chi connectivity index (χ0) is 20.4. The lowest BCUT2D eigenvalue weighted by atomic mass is 10.1. The third kappa shape index (κ3) is 3.96. The molecule has 0 unspecified atom stereocenters. The molecule has 1 aliphatic rings. The van der Waals surface area contributed by atoms with Gasteiger partial charge in [-0.1, -0.05) is 23.2 Å². The normalized spacial score (nSPS) is 15.6. The van der Waals surface area contributed by atoms with E-state index in [2.05, 4.69) is 5.32 Å². The van der Waals surface area contributed by atoms with Crippen molar-refractivity contribution in [1.29, 1.82) is 0 Å². The number of methoxy groups -OCH3 is 2. The molecule has 2 aromatic rings. The molecule has 0 aliphatic carbocycles. The van der Waals surface area contributed by atoms with Gasteiger partial charge in [0.25, 0.3) is 11.8 Å². The molecule has 144 valence electrons. The van der Waals surface area contributed by atoms with E-state index in [1.807, 2.05) is 0 Å². The van der Waals surface area contributed by atoms with Crippen LogP contribution >= 0.6 is 35.4 Å². The number of thiocarbonyl (C=S) groups is 1. The van der Waals surface area contributed by atoms with Crippen LogP contribution in [0.25, 0.3) is 6.08 Å². The molecule has 1 heterocycles. The van der Waals surface area contributed by atoms with Gasteiger partial charge in [-0.25, -0.2) is 0 Å². The highest BCUT2D eigenvalue weighted by Crippen LogP contribution is 2.30. The molecule has 0 bridgehead atoms. The first-order valence-electron chi connectivity index (χ1n) is 7.93. The maximum atomic E-state index is 13.1. The zero-order valence-corrected chi connectivity index (χ0v) is 17.1. The fourth-order valence-corrected chi connectivity index (χ4v) is 3.45. The molecule has 0 atom stereocenters. The maximum absolute atomic E-state index is 13.1. The van der Waals surface area contributed by atoms with Gasteiger partial charge < -0.3 is 9.47 Å². The molecule has 0 aromatic heterocycles. The van der Waals surface area contributed by atoms with E-state index < -0.39 is 11.8 Å². The Balaban J connectivity index is 2.06. The largest absolute Gasteiger partial charge is 0.497 e. The Morgan fingerprint density at radius 3 is 2.32 bits per heavy atom. The lowest BCUT2D eigenvalue weighted by Gasteiger charge is -2.29. The third-order valence-corrected chi connectivity index (χ3v) is 4.67. The molecule has 3 rings (SSSR count). The van der Waals surface area contributed by atoms with Gasteiger partial charge in [0.1, 0.15) is 17.1 Å². The van der Waals surface area contributed by atoms with Gasteiger partial charge >= 0.3 is 0 Å². The monoisotopic (exact) mass is 436 g/mol. The van der Waals surface area contributed by atoms with Gasteiger partial charge in [-0.3, -0.25) is 19.8 Å². The molecule has 0 spiro atoms. The fourth-order valence-electron chi connectivity index (χ4n) is 2.65. The Labute approximate surface area is 176 Å². The summed E-state index contributed by atoms with van der Waals surface area (Å²) >= 11 is 17.2. The second kappa shape index (κ2) is 8.18. The first-order valence-corrected chi connectivity index (χ1v) is 9.10. The van der Waals surface area contributed by atoms with Crippen LogP contribution in [0, 0.1) is 0 Å². The Bertz CT molecular complexity index is 1000. The third-order valence-electron chi connectivity index (χ3n) is 3.95. The van der Waals surface area contributed by atoms with Crippen molar-refractivity contribution in [3.05, 3.63) is 57.6 Å². The van der Waals surface area contributed by atoms with Crippen molar-refractivity contribution in [1.82, 2.24) is 5.32 Å². The molecule has 2 amide bonds. The van der Waals surface area contributed by atoms with E-state index >= 15 is 0 Å². The van der Waals surface area contributed by atoms with Crippen molar-refractivity contribution in [2.24, 2.45) is 0 Å². The van der Waals surface area contributed by atoms with Gasteiger partial charge in [0, 0.05) is 21.7 Å². The van der Waals surface area contributed by atoms with E-state index in [1.54, 1.807) is 18.2 Å². The Kier molecular flexibility index (Phi) is 5.88. The van der Waals surface area contributed by atoms with Crippen LogP contribution in [-0.4, -0.2) is 31.1 Å². The molecule has 0 saturated carbocycles. The fraction of sp³-hybridized carbons (Fsp3) is 0.105. The number of carbonyl (C=O) groups excluding carboxylic acids is 2. The number of hydrogen-bond acceptors (Lipinski definition) is 5. The van der Waals surface area contributed by atoms with E-state index in [0.29, 0.717) is 32.8 Å². The molecule has 2 aromatic carbocycles. The summed E-state index contributed by atoms with van der Waals surface area (Å²) in [5.41, 5.74) is 0.756. The van der Waals surface area contributed by atoms with Crippen molar-refractivity contribution in [2.75, 3.05) is 19.1 Å². The Hall–Kier alpha value is -2.61. The van der Waals surface area contributed by atoms with Crippen molar-refractivity contribution in [3.8, 4) is 11.5 Å². The number of benzene rings is 2. The molecule has 1 N–H and O–H groups in total. The second-order valence-corrected chi connectivity index (χ2v) is 6.95. The number of carbonyl (C=O) groups is 2. The van der Waals surface area contributed by atoms with Gasteiger partial charge in [0.15, 0.2) is 5.11 Å². The summed E-state index contributed by atoms with van der Waals surface area (Å²) < 4.78 is 10.5. The summed E-state index contributed by atoms with van der Waals surface area (Å²) in [6, 6.07) is 9.61. The van der Waals surface area contributed by atoms with Gasteiger partial charge in [-0.05, 0) is 48.6 Å². The van der Waals surface area contributed by atoms with Crippen LogP contribution in [0.4, 0.5) is 5.69 Å². The summed E-state index contributed by atoms with van der Waals surface area (Å²) in [5, 5.41) is 3.10. The van der Waals surface area contributed by atoms with E-state index in [1.165, 1.54) is 38.5 Å². The SMILES string of the molecule is COc1ccc(C=C2C(=O)NC(=S)N(c3cc(Cl)cc(Cl)c3)C2=O)c(OC)c1. The van der Waals surface area contributed by atoms with Gasteiger partial charge in [-0.2, -0.15) is 0 Å². The summed E-state index contributed by atoms with van der Waals surface area (Å²) in [6.45, 7) is 0. The first-order chi connectivity index (χ1) is 13.3. The molecule has 0 radical (unpaired) electrons. The van der Waals surface area contributed by atoms with Crippen LogP contribution in [0.3, 0.4) is 0 Å². The Morgan fingerprint density at radius 1 is 1.04 bits per heavy atom. The van der Waals surface area contributed by atoms with Gasteiger partial charge in [0.05, 0.1) is 19.9 Å². The minimum Gasteiger partial charge on any atom is -0.497 e. The Morgan fingerprint density at radius 2 is 1.71 bits per heavy atom. The number of hydrogen-bond donors (Lipinski definition) is 1. The number of amides is 2. The number of nitrogens with one attached hydrogen (secondary N) is 1. The van der Waals surface area contributed by atoms with Crippen LogP contribution in [0.1, 0.15) is 5.56 Å². The standard InChI is InChI=1S/C19H14Cl2N2O4S/c1-26-14-4-3-10(16(9-14)27-2)5-15-17(24)22-19(28)23(18(15)25)13-7-11(20)6-12(21)8-13/h3-9H,1-2H3,(H,22,24,28). The number of halogens is 2. The zero-order valence-electron chi connectivity index (χ0n) is 14.8. The molecule has 1 aliphatic heterocycles. The second-order valence-electron chi connectivity index (χ2n) is 5.69. The van der Waals surface area contributed by atoms with E-state index in [4.69, 9.17) is 44.9 Å². The number of anilines is 1. The summed E-state index contributed by atoms with van der Waals surface area (Å²) in [6.07, 6.45) is 1.43. The van der Waals surface area contributed by atoms with Gasteiger partial charge in [0.2, 0.25) is 0 Å². The maximum Gasteiger partial charge on any atom is 0.270 e. The number of nitrogens with zero attached hydrogens (tertiary/aromatic N) is 1. The van der Waals surface area contributed by atoms with Gasteiger partial charge in [-0.15, -0.1) is 0 Å². The average Bonchev–Trinajstić information content (AvgIpc) is 2.64. The van der Waals surface area contributed by atoms with E-state index in [9.17, 15) is 9.59 Å². The molecule has 6 nitrogen and oxygen atoms in total. The van der Waals surface area contributed by atoms with Crippen LogP contribution in [0.2, 0.25) is 10.0 Å². The molecular formula is C19H14Cl2N2O4S. The number of rotatable bonds is 4. The highest BCUT2D eigenvalue weighted by Gasteiger charge is 2.35. The van der Waals surface area contributed by atoms with Crippen molar-refractivity contribution >= 4 is 64.1 Å². The quantitative estimate of drug-likeness (QED) is 0.447. The topological polar surface area (TPSA) is 67.9 Å². The lowest BCUT2D eigenvalue weighted by molar-refractivity contribution is -0.122. The van der Waals surface area contributed by atoms with E-state index in [-0.39, 0.29) is 10.7 Å². The molecule has 28 heavy (non-hydrogen) atoms. The lowest BCUT2D eigenvalue weighted by Crippen LogP contribution is -2.54. The smallest absolute Gasteiger partial charge is 0.270 e. The van der Waals surface area contributed by atoms with E-state index in [0.717, 1.165) is 4.90 Å². The predicted octanol–water partition coefficient (Wildman–Crippen LogP) is 3.84. The van der Waals surface area contributed by atoms with Crippen molar-refractivity contribution in [3.63, 3.8) is 0 Å². The summed E-state index contributed by atoms with van der Waals surface area (Å²) in [4.78, 5) is 26.6. The molecule has 1 saturated heterocycles. The number of ether oxygens (including phenoxy) is 2. The van der Waals surface area contributed by atoms with Crippen LogP contribution < -0.4 is 19.7 Å². The summed E-state index contributed by atoms with van der Waals surface area (Å²) in [7, 11) is 3.01. The highest BCUT2D eigenvalue weighted by atomic mass is 35.5. The highest BCUT2D eigenvalue weighted by molar-refractivity contribution is 7.80. The van der Waals surface area contributed by atoms with Crippen LogP contribution in [0.15, 0.2) is 42.0 Å². The van der Waals surface area contributed by atoms with Crippen molar-refractivity contribution < 1.29 is 19.1 Å².